The van der Waals surface area contributed by atoms with Crippen molar-refractivity contribution in [2.45, 2.75) is 19.4 Å². The Morgan fingerprint density at radius 3 is 2.38 bits per heavy atom. The van der Waals surface area contributed by atoms with Gasteiger partial charge in [-0.05, 0) is 6.42 Å². The molecule has 0 saturated heterocycles. The maximum Gasteiger partial charge on any atom is 0.186 e. The number of hydrogen-bond donors (Lipinski definition) is 2. The number of hydrogen-bond acceptors (Lipinski definition) is 3. The lowest BCUT2D eigenvalue weighted by molar-refractivity contribution is -0.130. The van der Waals surface area contributed by atoms with Crippen molar-refractivity contribution in [3.05, 3.63) is 0 Å². The largest absolute Gasteiger partial charge is 0.388 e. The quantitative estimate of drug-likeness (QED) is 0.516. The molecule has 0 spiro atoms. The first-order chi connectivity index (χ1) is 3.72. The van der Waals surface area contributed by atoms with Gasteiger partial charge in [0.15, 0.2) is 5.78 Å². The van der Waals surface area contributed by atoms with Crippen LogP contribution in [0.15, 0.2) is 0 Å². The molecule has 0 aliphatic heterocycles. The third-order valence-electron chi connectivity index (χ3n) is 0.914. The summed E-state index contributed by atoms with van der Waals surface area (Å²) in [7, 11) is 0. The Hall–Kier alpha value is -0.410. The van der Waals surface area contributed by atoms with Crippen LogP contribution in [0.25, 0.3) is 0 Å². The number of aliphatic hydroxyl groups excluding tert-OH is 2. The Balaban J connectivity index is 3.46. The average Bonchev–Trinajstić information content (AvgIpc) is 1.84. The van der Waals surface area contributed by atoms with E-state index in [9.17, 15) is 4.79 Å². The lowest BCUT2D eigenvalue weighted by Gasteiger charge is -2.00. The van der Waals surface area contributed by atoms with Crippen LogP contribution in [-0.2, 0) is 4.79 Å². The first kappa shape index (κ1) is 7.59. The number of Topliss-reactive ketones (excluding diaryl/α,β-unsaturated/α-hetero) is 1. The predicted molar refractivity (Wildman–Crippen MR) is 28.4 cm³/mol. The van der Waals surface area contributed by atoms with Gasteiger partial charge in [0.25, 0.3) is 0 Å². The zero-order chi connectivity index (χ0) is 6.57. The minimum absolute atomic E-state index is 0.374. The van der Waals surface area contributed by atoms with E-state index in [0.29, 0.717) is 6.42 Å². The standard InChI is InChI=1S/C5H10O3/c1-2-4(7)5(8)3-6/h4,6-7H,2-3H2,1H3. The molecular weight excluding hydrogens is 108 g/mol. The van der Waals surface area contributed by atoms with Crippen molar-refractivity contribution >= 4 is 5.78 Å². The Morgan fingerprint density at radius 1 is 1.75 bits per heavy atom. The molecule has 0 radical (unpaired) electrons. The molecule has 0 fully saturated rings. The highest BCUT2D eigenvalue weighted by molar-refractivity contribution is 5.83. The molecule has 0 heterocycles. The minimum Gasteiger partial charge on any atom is -0.388 e. The number of carbonyl (C=O) groups is 1. The van der Waals surface area contributed by atoms with Gasteiger partial charge < -0.3 is 10.2 Å². The molecule has 0 saturated carbocycles. The Bertz CT molecular complexity index is 79.7. The van der Waals surface area contributed by atoms with Gasteiger partial charge in [-0.2, -0.15) is 0 Å². The summed E-state index contributed by atoms with van der Waals surface area (Å²) in [4.78, 5) is 10.2. The molecule has 0 aliphatic rings. The van der Waals surface area contributed by atoms with Crippen LogP contribution in [0.3, 0.4) is 0 Å². The van der Waals surface area contributed by atoms with Crippen molar-refractivity contribution in [3.8, 4) is 0 Å². The van der Waals surface area contributed by atoms with Crippen molar-refractivity contribution in [3.63, 3.8) is 0 Å². The molecule has 1 unspecified atom stereocenters. The highest BCUT2D eigenvalue weighted by Crippen LogP contribution is 1.89. The van der Waals surface area contributed by atoms with Crippen LogP contribution in [0, 0.1) is 0 Å². The summed E-state index contributed by atoms with van der Waals surface area (Å²) in [5, 5.41) is 16.7. The Morgan fingerprint density at radius 2 is 2.25 bits per heavy atom. The fraction of sp³-hybridized carbons (Fsp3) is 0.800. The van der Waals surface area contributed by atoms with Gasteiger partial charge >= 0.3 is 0 Å². The van der Waals surface area contributed by atoms with E-state index in [2.05, 4.69) is 0 Å². The van der Waals surface area contributed by atoms with E-state index in [0.717, 1.165) is 0 Å². The van der Waals surface area contributed by atoms with Crippen LogP contribution in [0.2, 0.25) is 0 Å². The van der Waals surface area contributed by atoms with Gasteiger partial charge in [0.1, 0.15) is 12.7 Å². The van der Waals surface area contributed by atoms with Crippen molar-refractivity contribution in [1.82, 2.24) is 0 Å². The predicted octanol–water partition coefficient (Wildman–Crippen LogP) is -0.681. The van der Waals surface area contributed by atoms with Crippen molar-refractivity contribution in [1.29, 1.82) is 0 Å². The fourth-order valence-electron chi connectivity index (χ4n) is 0.333. The van der Waals surface area contributed by atoms with Crippen molar-refractivity contribution in [2.24, 2.45) is 0 Å². The monoisotopic (exact) mass is 118 g/mol. The first-order valence-corrected chi connectivity index (χ1v) is 2.54. The molecule has 0 aromatic rings. The summed E-state index contributed by atoms with van der Waals surface area (Å²) in [5.41, 5.74) is 0. The number of ketones is 1. The second kappa shape index (κ2) is 3.57. The summed E-state index contributed by atoms with van der Waals surface area (Å²) in [6.07, 6.45) is -0.598. The molecule has 0 rings (SSSR count). The fourth-order valence-corrected chi connectivity index (χ4v) is 0.333. The van der Waals surface area contributed by atoms with Crippen LogP contribution >= 0.6 is 0 Å². The van der Waals surface area contributed by atoms with E-state index in [-0.39, 0.29) is 0 Å². The van der Waals surface area contributed by atoms with Crippen LogP contribution in [0.5, 0.6) is 0 Å². The maximum atomic E-state index is 10.2. The number of rotatable bonds is 3. The molecule has 0 bridgehead atoms. The summed E-state index contributed by atoms with van der Waals surface area (Å²) in [5.74, 6) is -0.507. The van der Waals surface area contributed by atoms with Crippen molar-refractivity contribution < 1.29 is 15.0 Å². The topological polar surface area (TPSA) is 57.5 Å². The average molecular weight is 118 g/mol. The molecule has 0 aromatic heterocycles. The summed E-state index contributed by atoms with van der Waals surface area (Å²) in [6, 6.07) is 0. The van der Waals surface area contributed by atoms with Gasteiger partial charge in [-0.1, -0.05) is 6.92 Å². The summed E-state index contributed by atoms with van der Waals surface area (Å²) >= 11 is 0. The summed E-state index contributed by atoms with van der Waals surface area (Å²) < 4.78 is 0. The van der Waals surface area contributed by atoms with E-state index in [1.807, 2.05) is 0 Å². The second-order valence-corrected chi connectivity index (χ2v) is 1.55. The van der Waals surface area contributed by atoms with Gasteiger partial charge in [0, 0.05) is 0 Å². The second-order valence-electron chi connectivity index (χ2n) is 1.55. The van der Waals surface area contributed by atoms with E-state index in [1.165, 1.54) is 0 Å². The zero-order valence-electron chi connectivity index (χ0n) is 4.79. The summed E-state index contributed by atoms with van der Waals surface area (Å²) in [6.45, 7) is 1.12. The molecule has 8 heavy (non-hydrogen) atoms. The molecular formula is C5H10O3. The third kappa shape index (κ3) is 2.04. The van der Waals surface area contributed by atoms with Gasteiger partial charge in [-0.3, -0.25) is 4.79 Å². The molecule has 1 atom stereocenters. The van der Waals surface area contributed by atoms with Crippen LogP contribution in [0.4, 0.5) is 0 Å². The lowest BCUT2D eigenvalue weighted by Crippen LogP contribution is -2.21. The molecule has 3 heteroatoms. The molecule has 0 amide bonds. The van der Waals surface area contributed by atoms with Gasteiger partial charge in [0.05, 0.1) is 0 Å². The SMILES string of the molecule is CCC(O)C(=O)CO. The van der Waals surface area contributed by atoms with E-state index >= 15 is 0 Å². The lowest BCUT2D eigenvalue weighted by atomic mass is 10.2. The van der Waals surface area contributed by atoms with Crippen LogP contribution in [-0.4, -0.2) is 28.7 Å². The molecule has 3 nitrogen and oxygen atoms in total. The van der Waals surface area contributed by atoms with Crippen LogP contribution in [0.1, 0.15) is 13.3 Å². The molecule has 2 N–H and O–H groups in total. The van der Waals surface area contributed by atoms with Crippen molar-refractivity contribution in [2.75, 3.05) is 6.61 Å². The van der Waals surface area contributed by atoms with Gasteiger partial charge in [0.2, 0.25) is 0 Å². The van der Waals surface area contributed by atoms with E-state index in [4.69, 9.17) is 10.2 Å². The van der Waals surface area contributed by atoms with E-state index < -0.39 is 18.5 Å². The smallest absolute Gasteiger partial charge is 0.186 e. The van der Waals surface area contributed by atoms with Gasteiger partial charge in [-0.15, -0.1) is 0 Å². The Kier molecular flexibility index (Phi) is 3.39. The molecule has 0 aliphatic carbocycles. The minimum atomic E-state index is -0.972. The first-order valence-electron chi connectivity index (χ1n) is 2.54. The normalized spacial score (nSPS) is 13.4. The van der Waals surface area contributed by atoms with E-state index in [1.54, 1.807) is 6.92 Å². The Labute approximate surface area is 47.9 Å². The molecule has 48 valence electrons. The number of carbonyl (C=O) groups excluding carboxylic acids is 1. The highest BCUT2D eigenvalue weighted by atomic mass is 16.3. The van der Waals surface area contributed by atoms with Crippen LogP contribution < -0.4 is 0 Å². The van der Waals surface area contributed by atoms with Gasteiger partial charge in [-0.25, -0.2) is 0 Å². The number of aliphatic hydroxyl groups is 2. The highest BCUT2D eigenvalue weighted by Gasteiger charge is 2.09. The zero-order valence-corrected chi connectivity index (χ0v) is 4.79. The molecule has 0 aromatic carbocycles. The maximum absolute atomic E-state index is 10.2. The third-order valence-corrected chi connectivity index (χ3v) is 0.914.